The van der Waals surface area contributed by atoms with Crippen LogP contribution in [0.2, 0.25) is 0 Å². The molecule has 3 nitrogen and oxygen atoms in total. The average molecular weight is 278 g/mol. The van der Waals surface area contributed by atoms with E-state index < -0.39 is 0 Å². The Hall–Kier alpha value is -1.52. The Labute approximate surface area is 104 Å². The number of nitriles is 2. The Bertz CT molecular complexity index is 429. The van der Waals surface area contributed by atoms with E-state index in [4.69, 9.17) is 10.5 Å². The molecule has 1 aromatic carbocycles. The van der Waals surface area contributed by atoms with E-state index in [-0.39, 0.29) is 0 Å². The van der Waals surface area contributed by atoms with Gasteiger partial charge in [-0.1, -0.05) is 15.9 Å². The van der Waals surface area contributed by atoms with Gasteiger partial charge in [0.2, 0.25) is 0 Å². The second-order valence-corrected chi connectivity index (χ2v) is 4.26. The van der Waals surface area contributed by atoms with E-state index in [9.17, 15) is 0 Å². The molecule has 0 amide bonds. The van der Waals surface area contributed by atoms with Gasteiger partial charge >= 0.3 is 0 Å². The maximum absolute atomic E-state index is 8.93. The third kappa shape index (κ3) is 3.92. The quantitative estimate of drug-likeness (QED) is 0.839. The summed E-state index contributed by atoms with van der Waals surface area (Å²) in [6.45, 7) is 0.790. The summed E-state index contributed by atoms with van der Waals surface area (Å²) in [5, 5.41) is 20.5. The van der Waals surface area contributed by atoms with Gasteiger partial charge in [-0.2, -0.15) is 10.5 Å². The van der Waals surface area contributed by atoms with Gasteiger partial charge in [-0.25, -0.2) is 0 Å². The first-order valence-electron chi connectivity index (χ1n) is 5.08. The first kappa shape index (κ1) is 12.5. The lowest BCUT2D eigenvalue weighted by Crippen LogP contribution is -2.02. The van der Waals surface area contributed by atoms with Crippen molar-refractivity contribution in [2.75, 3.05) is 11.9 Å². The second kappa shape index (κ2) is 6.87. The Kier molecular flexibility index (Phi) is 5.39. The SMILES string of the molecule is N#CCCCCNc1ccc(Br)cc1C#N. The van der Waals surface area contributed by atoms with Crippen LogP contribution >= 0.6 is 15.9 Å². The van der Waals surface area contributed by atoms with Crippen molar-refractivity contribution in [1.82, 2.24) is 0 Å². The molecule has 0 aromatic heterocycles. The zero-order valence-corrected chi connectivity index (χ0v) is 10.4. The predicted octanol–water partition coefficient (Wildman–Crippen LogP) is 3.43. The van der Waals surface area contributed by atoms with E-state index >= 15 is 0 Å². The molecule has 0 radical (unpaired) electrons. The van der Waals surface area contributed by atoms with Crippen LogP contribution in [0, 0.1) is 22.7 Å². The summed E-state index contributed by atoms with van der Waals surface area (Å²) in [5.74, 6) is 0. The number of hydrogen-bond acceptors (Lipinski definition) is 3. The zero-order valence-electron chi connectivity index (χ0n) is 8.83. The first-order valence-corrected chi connectivity index (χ1v) is 5.87. The summed E-state index contributed by atoms with van der Waals surface area (Å²) in [5.41, 5.74) is 1.48. The lowest BCUT2D eigenvalue weighted by molar-refractivity contribution is 0.784. The van der Waals surface area contributed by atoms with E-state index in [0.717, 1.165) is 29.5 Å². The maximum Gasteiger partial charge on any atom is 0.101 e. The van der Waals surface area contributed by atoms with Gasteiger partial charge < -0.3 is 5.32 Å². The zero-order chi connectivity index (χ0) is 11.8. The van der Waals surface area contributed by atoms with Crippen LogP contribution in [-0.2, 0) is 0 Å². The van der Waals surface area contributed by atoms with E-state index in [0.29, 0.717) is 12.0 Å². The Morgan fingerprint density at radius 1 is 1.25 bits per heavy atom. The summed E-state index contributed by atoms with van der Waals surface area (Å²) in [6, 6.07) is 9.83. The number of nitrogens with zero attached hydrogens (tertiary/aromatic N) is 2. The molecule has 0 saturated heterocycles. The number of hydrogen-bond donors (Lipinski definition) is 1. The van der Waals surface area contributed by atoms with Gasteiger partial charge in [0.25, 0.3) is 0 Å². The Morgan fingerprint density at radius 2 is 2.06 bits per heavy atom. The molecule has 0 unspecified atom stereocenters. The van der Waals surface area contributed by atoms with Crippen molar-refractivity contribution in [2.24, 2.45) is 0 Å². The maximum atomic E-state index is 8.93. The second-order valence-electron chi connectivity index (χ2n) is 3.34. The average Bonchev–Trinajstić information content (AvgIpc) is 2.30. The third-order valence-corrected chi connectivity index (χ3v) is 2.63. The number of unbranched alkanes of at least 4 members (excludes halogenated alkanes) is 2. The highest BCUT2D eigenvalue weighted by Crippen LogP contribution is 2.20. The molecule has 0 bridgehead atoms. The summed E-state index contributed by atoms with van der Waals surface area (Å²) in [7, 11) is 0. The minimum Gasteiger partial charge on any atom is -0.384 e. The molecular weight excluding hydrogens is 266 g/mol. The third-order valence-electron chi connectivity index (χ3n) is 2.13. The van der Waals surface area contributed by atoms with Crippen LogP contribution in [-0.4, -0.2) is 6.54 Å². The van der Waals surface area contributed by atoms with Crippen LogP contribution in [0.25, 0.3) is 0 Å². The molecule has 0 saturated carbocycles. The number of halogens is 1. The van der Waals surface area contributed by atoms with E-state index in [2.05, 4.69) is 33.4 Å². The van der Waals surface area contributed by atoms with Gasteiger partial charge in [-0.05, 0) is 31.0 Å². The molecule has 16 heavy (non-hydrogen) atoms. The molecule has 4 heteroatoms. The van der Waals surface area contributed by atoms with Crippen molar-refractivity contribution in [1.29, 1.82) is 10.5 Å². The number of benzene rings is 1. The van der Waals surface area contributed by atoms with Crippen molar-refractivity contribution in [3.63, 3.8) is 0 Å². The molecule has 0 aliphatic heterocycles. The largest absolute Gasteiger partial charge is 0.384 e. The molecule has 0 aliphatic carbocycles. The van der Waals surface area contributed by atoms with Gasteiger partial charge in [-0.15, -0.1) is 0 Å². The topological polar surface area (TPSA) is 59.6 Å². The van der Waals surface area contributed by atoms with Gasteiger partial charge in [0.05, 0.1) is 17.3 Å². The van der Waals surface area contributed by atoms with Gasteiger partial charge in [0.1, 0.15) is 6.07 Å². The lowest BCUT2D eigenvalue weighted by atomic mass is 10.2. The smallest absolute Gasteiger partial charge is 0.101 e. The standard InChI is InChI=1S/C12H12BrN3/c13-11-4-5-12(10(8-11)9-15)16-7-3-1-2-6-14/h4-5,8,16H,1-3,7H2. The van der Waals surface area contributed by atoms with Crippen LogP contribution in [0.15, 0.2) is 22.7 Å². The van der Waals surface area contributed by atoms with Crippen LogP contribution in [0.1, 0.15) is 24.8 Å². The fourth-order valence-electron chi connectivity index (χ4n) is 1.32. The predicted molar refractivity (Wildman–Crippen MR) is 66.8 cm³/mol. The van der Waals surface area contributed by atoms with Crippen LogP contribution < -0.4 is 5.32 Å². The van der Waals surface area contributed by atoms with Crippen molar-refractivity contribution in [2.45, 2.75) is 19.3 Å². The molecule has 1 rings (SSSR count). The van der Waals surface area contributed by atoms with Gasteiger partial charge in [-0.3, -0.25) is 0 Å². The van der Waals surface area contributed by atoms with Crippen molar-refractivity contribution in [3.05, 3.63) is 28.2 Å². The van der Waals surface area contributed by atoms with Crippen molar-refractivity contribution < 1.29 is 0 Å². The van der Waals surface area contributed by atoms with Gasteiger partial charge in [0.15, 0.2) is 0 Å². The van der Waals surface area contributed by atoms with Crippen LogP contribution in [0.3, 0.4) is 0 Å². The Balaban J connectivity index is 2.48. The molecule has 0 fully saturated rings. The molecule has 0 atom stereocenters. The molecule has 82 valence electrons. The summed E-state index contributed by atoms with van der Waals surface area (Å²) in [4.78, 5) is 0. The summed E-state index contributed by atoms with van der Waals surface area (Å²) >= 11 is 3.32. The van der Waals surface area contributed by atoms with Crippen LogP contribution in [0.4, 0.5) is 5.69 Å². The molecular formula is C12H12BrN3. The lowest BCUT2D eigenvalue weighted by Gasteiger charge is -2.07. The monoisotopic (exact) mass is 277 g/mol. The highest BCUT2D eigenvalue weighted by Gasteiger charge is 2.01. The van der Waals surface area contributed by atoms with E-state index in [1.54, 1.807) is 6.07 Å². The fraction of sp³-hybridized carbons (Fsp3) is 0.333. The molecule has 0 heterocycles. The van der Waals surface area contributed by atoms with E-state index in [1.807, 2.05) is 12.1 Å². The molecule has 0 aliphatic rings. The minimum absolute atomic E-state index is 0.590. The van der Waals surface area contributed by atoms with E-state index in [1.165, 1.54) is 0 Å². The van der Waals surface area contributed by atoms with Gasteiger partial charge in [0, 0.05) is 17.4 Å². The number of rotatable bonds is 5. The van der Waals surface area contributed by atoms with Crippen LogP contribution in [0.5, 0.6) is 0 Å². The van der Waals surface area contributed by atoms with Crippen molar-refractivity contribution in [3.8, 4) is 12.1 Å². The minimum atomic E-state index is 0.590. The number of anilines is 1. The molecule has 1 N–H and O–H groups in total. The number of nitrogens with one attached hydrogen (secondary N) is 1. The highest BCUT2D eigenvalue weighted by molar-refractivity contribution is 9.10. The summed E-state index contributed by atoms with van der Waals surface area (Å²) in [6.07, 6.45) is 2.42. The first-order chi connectivity index (χ1) is 7.77. The molecule has 0 spiro atoms. The normalized spacial score (nSPS) is 9.19. The molecule has 1 aromatic rings. The van der Waals surface area contributed by atoms with Crippen molar-refractivity contribution >= 4 is 21.6 Å². The highest BCUT2D eigenvalue weighted by atomic mass is 79.9. The Morgan fingerprint density at radius 3 is 2.75 bits per heavy atom. The fourth-order valence-corrected chi connectivity index (χ4v) is 1.68. The summed E-state index contributed by atoms with van der Waals surface area (Å²) < 4.78 is 0.902.